The molecule has 0 atom stereocenters. The van der Waals surface area contributed by atoms with E-state index in [1.54, 1.807) is 0 Å². The van der Waals surface area contributed by atoms with Crippen LogP contribution in [0.5, 0.6) is 11.5 Å². The van der Waals surface area contributed by atoms with Gasteiger partial charge in [0, 0.05) is 17.8 Å². The van der Waals surface area contributed by atoms with E-state index >= 15 is 0 Å². The molecule has 1 aromatic rings. The minimum Gasteiger partial charge on any atom is -0.454 e. The van der Waals surface area contributed by atoms with Crippen LogP contribution in [-0.2, 0) is 6.54 Å². The molecule has 1 aliphatic heterocycles. The van der Waals surface area contributed by atoms with Crippen LogP contribution in [0.4, 0.5) is 0 Å². The van der Waals surface area contributed by atoms with E-state index in [0.717, 1.165) is 36.1 Å². The van der Waals surface area contributed by atoms with Crippen LogP contribution in [-0.4, -0.2) is 36.8 Å². The molecule has 0 saturated heterocycles. The Morgan fingerprint density at radius 1 is 1.27 bits per heavy atom. The van der Waals surface area contributed by atoms with Gasteiger partial charge in [-0.3, -0.25) is 0 Å². The maximum absolute atomic E-state index is 5.40. The van der Waals surface area contributed by atoms with Crippen LogP contribution in [0.15, 0.2) is 23.2 Å². The van der Waals surface area contributed by atoms with Gasteiger partial charge in [-0.05, 0) is 44.7 Å². The topological polar surface area (TPSA) is 54.9 Å². The fraction of sp³-hybridized carbons (Fsp3) is 0.562. The van der Waals surface area contributed by atoms with E-state index in [4.69, 9.17) is 9.47 Å². The summed E-state index contributed by atoms with van der Waals surface area (Å²) in [6, 6.07) is 5.94. The van der Waals surface area contributed by atoms with Crippen molar-refractivity contribution in [3.63, 3.8) is 0 Å². The van der Waals surface area contributed by atoms with Gasteiger partial charge in [-0.1, -0.05) is 6.07 Å². The van der Waals surface area contributed by atoms with Crippen LogP contribution in [0.3, 0.4) is 0 Å². The Kier molecular flexibility index (Phi) is 5.83. The molecule has 0 radical (unpaired) electrons. The Morgan fingerprint density at radius 3 is 2.77 bits per heavy atom. The van der Waals surface area contributed by atoms with Gasteiger partial charge in [0.05, 0.1) is 6.54 Å². The first-order chi connectivity index (χ1) is 10.5. The number of rotatable bonds is 6. The maximum atomic E-state index is 5.40. The van der Waals surface area contributed by atoms with E-state index in [1.807, 2.05) is 30.0 Å². The summed E-state index contributed by atoms with van der Waals surface area (Å²) >= 11 is 1.84. The number of hydrogen-bond donors (Lipinski definition) is 2. The predicted molar refractivity (Wildman–Crippen MR) is 93.0 cm³/mol. The summed E-state index contributed by atoms with van der Waals surface area (Å²) < 4.78 is 10.9. The lowest BCUT2D eigenvalue weighted by molar-refractivity contribution is 0.174. The van der Waals surface area contributed by atoms with E-state index in [9.17, 15) is 0 Å². The van der Waals surface area contributed by atoms with Crippen molar-refractivity contribution in [2.45, 2.75) is 32.1 Å². The Balaban J connectivity index is 1.97. The van der Waals surface area contributed by atoms with Crippen LogP contribution >= 0.6 is 11.8 Å². The molecule has 6 heteroatoms. The summed E-state index contributed by atoms with van der Waals surface area (Å²) in [5, 5.41) is 6.67. The minimum absolute atomic E-state index is 0.176. The monoisotopic (exact) mass is 323 g/mol. The van der Waals surface area contributed by atoms with Crippen molar-refractivity contribution in [3.05, 3.63) is 23.8 Å². The highest BCUT2D eigenvalue weighted by Gasteiger charge is 2.16. The van der Waals surface area contributed by atoms with Gasteiger partial charge < -0.3 is 20.1 Å². The van der Waals surface area contributed by atoms with Crippen LogP contribution in [0.2, 0.25) is 0 Å². The SMILES string of the molecule is CCNC(=NCc1ccc2c(c1)OCO2)NCC(C)(C)SC. The second-order valence-electron chi connectivity index (χ2n) is 5.70. The van der Waals surface area contributed by atoms with Gasteiger partial charge in [-0.15, -0.1) is 0 Å². The number of fused-ring (bicyclic) bond motifs is 1. The van der Waals surface area contributed by atoms with Crippen molar-refractivity contribution < 1.29 is 9.47 Å². The molecule has 0 aliphatic carbocycles. The predicted octanol–water partition coefficient (Wildman–Crippen LogP) is 2.61. The molecule has 0 bridgehead atoms. The molecule has 0 saturated carbocycles. The van der Waals surface area contributed by atoms with Gasteiger partial charge in [0.2, 0.25) is 6.79 Å². The number of guanidine groups is 1. The summed E-state index contributed by atoms with van der Waals surface area (Å²) in [6.45, 7) is 9.10. The highest BCUT2D eigenvalue weighted by Crippen LogP contribution is 2.32. The van der Waals surface area contributed by atoms with E-state index in [2.05, 4.69) is 42.7 Å². The zero-order valence-electron chi connectivity index (χ0n) is 13.7. The molecule has 2 N–H and O–H groups in total. The van der Waals surface area contributed by atoms with Crippen molar-refractivity contribution in [3.8, 4) is 11.5 Å². The van der Waals surface area contributed by atoms with Crippen molar-refractivity contribution in [1.82, 2.24) is 10.6 Å². The average molecular weight is 323 g/mol. The van der Waals surface area contributed by atoms with Gasteiger partial charge in [0.1, 0.15) is 0 Å². The van der Waals surface area contributed by atoms with Gasteiger partial charge in [0.25, 0.3) is 0 Å². The third-order valence-corrected chi connectivity index (χ3v) is 4.68. The standard InChI is InChI=1S/C16H25N3O2S/c1-5-17-15(19-10-16(2,3)22-4)18-9-12-6-7-13-14(8-12)21-11-20-13/h6-8H,5,9-11H2,1-4H3,(H2,17,18,19). The van der Waals surface area contributed by atoms with Crippen molar-refractivity contribution in [1.29, 1.82) is 0 Å². The molecule has 0 spiro atoms. The zero-order valence-corrected chi connectivity index (χ0v) is 14.5. The Hall–Kier alpha value is -1.56. The molecule has 0 amide bonds. The number of ether oxygens (including phenoxy) is 2. The summed E-state index contributed by atoms with van der Waals surface area (Å²) in [4.78, 5) is 4.64. The second kappa shape index (κ2) is 7.63. The molecule has 122 valence electrons. The number of hydrogen-bond acceptors (Lipinski definition) is 4. The lowest BCUT2D eigenvalue weighted by Crippen LogP contribution is -2.43. The fourth-order valence-corrected chi connectivity index (χ4v) is 2.14. The molecule has 0 fully saturated rings. The molecule has 1 aromatic carbocycles. The van der Waals surface area contributed by atoms with Gasteiger partial charge in [-0.25, -0.2) is 4.99 Å². The van der Waals surface area contributed by atoms with E-state index < -0.39 is 0 Å². The maximum Gasteiger partial charge on any atom is 0.231 e. The molecule has 0 unspecified atom stereocenters. The number of nitrogens with zero attached hydrogens (tertiary/aromatic N) is 1. The highest BCUT2D eigenvalue weighted by molar-refractivity contribution is 7.99. The summed E-state index contributed by atoms with van der Waals surface area (Å²) in [7, 11) is 0. The normalized spacial score (nSPS) is 14.1. The molecule has 0 aromatic heterocycles. The van der Waals surface area contributed by atoms with E-state index in [1.165, 1.54) is 0 Å². The van der Waals surface area contributed by atoms with Crippen molar-refractivity contribution >= 4 is 17.7 Å². The van der Waals surface area contributed by atoms with Crippen LogP contribution in [0, 0.1) is 0 Å². The molecular weight excluding hydrogens is 298 g/mol. The third-order valence-electron chi connectivity index (χ3n) is 3.44. The zero-order chi connectivity index (χ0) is 16.0. The van der Waals surface area contributed by atoms with Gasteiger partial charge in [-0.2, -0.15) is 11.8 Å². The van der Waals surface area contributed by atoms with E-state index in [-0.39, 0.29) is 4.75 Å². The Labute approximate surface area is 136 Å². The first-order valence-electron chi connectivity index (χ1n) is 7.50. The number of nitrogens with one attached hydrogen (secondary N) is 2. The highest BCUT2D eigenvalue weighted by atomic mass is 32.2. The molecule has 2 rings (SSSR count). The molecular formula is C16H25N3O2S. The summed E-state index contributed by atoms with van der Waals surface area (Å²) in [5.74, 6) is 2.44. The van der Waals surface area contributed by atoms with Crippen LogP contribution < -0.4 is 20.1 Å². The quantitative estimate of drug-likeness (QED) is 0.622. The van der Waals surface area contributed by atoms with Gasteiger partial charge >= 0.3 is 0 Å². The number of thioether (sulfide) groups is 1. The number of aliphatic imine (C=N–C) groups is 1. The average Bonchev–Trinajstić information content (AvgIpc) is 2.97. The third kappa shape index (κ3) is 4.73. The Bertz CT molecular complexity index is 532. The summed E-state index contributed by atoms with van der Waals surface area (Å²) in [6.07, 6.45) is 2.12. The molecule has 1 heterocycles. The summed E-state index contributed by atoms with van der Waals surface area (Å²) in [5.41, 5.74) is 1.10. The smallest absolute Gasteiger partial charge is 0.231 e. The van der Waals surface area contributed by atoms with Gasteiger partial charge in [0.15, 0.2) is 17.5 Å². The lowest BCUT2D eigenvalue weighted by Gasteiger charge is -2.23. The molecule has 22 heavy (non-hydrogen) atoms. The fourth-order valence-electron chi connectivity index (χ4n) is 1.92. The van der Waals surface area contributed by atoms with Crippen LogP contribution in [0.1, 0.15) is 26.3 Å². The van der Waals surface area contributed by atoms with E-state index in [0.29, 0.717) is 13.3 Å². The first-order valence-corrected chi connectivity index (χ1v) is 8.72. The van der Waals surface area contributed by atoms with Crippen molar-refractivity contribution in [2.75, 3.05) is 26.1 Å². The van der Waals surface area contributed by atoms with Crippen molar-refractivity contribution in [2.24, 2.45) is 4.99 Å². The molecule has 1 aliphatic rings. The van der Waals surface area contributed by atoms with Crippen LogP contribution in [0.25, 0.3) is 0 Å². The Morgan fingerprint density at radius 2 is 2.05 bits per heavy atom. The largest absolute Gasteiger partial charge is 0.454 e. The first kappa shape index (κ1) is 16.8. The second-order valence-corrected chi connectivity index (χ2v) is 7.21. The lowest BCUT2D eigenvalue weighted by atomic mass is 10.2. The minimum atomic E-state index is 0.176. The molecule has 5 nitrogen and oxygen atoms in total. The number of benzene rings is 1.